The maximum absolute atomic E-state index is 12.0. The Bertz CT molecular complexity index is 625. The van der Waals surface area contributed by atoms with E-state index >= 15 is 0 Å². The predicted octanol–water partition coefficient (Wildman–Crippen LogP) is 4.01. The second-order valence-electron chi connectivity index (χ2n) is 4.45. The van der Waals surface area contributed by atoms with Crippen LogP contribution in [0.2, 0.25) is 5.02 Å². The number of amides is 1. The second-order valence-corrected chi connectivity index (χ2v) is 5.64. The number of carbonyl (C=O) groups excluding carboxylic acids is 1. The molecule has 0 aliphatic rings. The van der Waals surface area contributed by atoms with Crippen molar-refractivity contribution in [2.45, 2.75) is 6.54 Å². The Morgan fingerprint density at radius 2 is 2.10 bits per heavy atom. The van der Waals surface area contributed by atoms with Crippen LogP contribution in [0.4, 0.5) is 5.69 Å². The lowest BCUT2D eigenvalue weighted by Crippen LogP contribution is -2.22. The summed E-state index contributed by atoms with van der Waals surface area (Å²) < 4.78 is 6.09. The molecule has 106 valence electrons. The molecule has 2 rings (SSSR count). The molecule has 1 amide bonds. The van der Waals surface area contributed by atoms with Crippen LogP contribution < -0.4 is 5.32 Å². The maximum Gasteiger partial charge on any atom is 0.254 e. The Morgan fingerprint density at radius 1 is 1.35 bits per heavy atom. The highest BCUT2D eigenvalue weighted by molar-refractivity contribution is 9.10. The van der Waals surface area contributed by atoms with Gasteiger partial charge in [-0.1, -0.05) is 11.6 Å². The Labute approximate surface area is 130 Å². The SMILES string of the molecule is CN(C)C(=O)c1cc(NCc2ccc(Br)o2)ccc1Cl. The number of anilines is 1. The van der Waals surface area contributed by atoms with Crippen LogP contribution in [0.1, 0.15) is 16.1 Å². The van der Waals surface area contributed by atoms with Gasteiger partial charge in [-0.2, -0.15) is 0 Å². The Hall–Kier alpha value is -1.46. The Morgan fingerprint density at radius 3 is 2.70 bits per heavy atom. The van der Waals surface area contributed by atoms with Crippen LogP contribution >= 0.6 is 27.5 Å². The molecule has 1 N–H and O–H groups in total. The molecule has 0 spiro atoms. The molecule has 0 unspecified atom stereocenters. The summed E-state index contributed by atoms with van der Waals surface area (Å²) in [4.78, 5) is 13.5. The zero-order chi connectivity index (χ0) is 14.7. The summed E-state index contributed by atoms with van der Waals surface area (Å²) >= 11 is 9.31. The number of hydrogen-bond donors (Lipinski definition) is 1. The second kappa shape index (κ2) is 6.33. The molecule has 20 heavy (non-hydrogen) atoms. The van der Waals surface area contributed by atoms with E-state index in [0.717, 1.165) is 11.4 Å². The molecule has 0 aliphatic carbocycles. The highest BCUT2D eigenvalue weighted by Crippen LogP contribution is 2.22. The van der Waals surface area contributed by atoms with E-state index in [1.165, 1.54) is 4.90 Å². The van der Waals surface area contributed by atoms with Gasteiger partial charge in [-0.25, -0.2) is 0 Å². The molecule has 6 heteroatoms. The molecule has 1 aromatic heterocycles. The standard InChI is InChI=1S/C14H14BrClN2O2/c1-18(2)14(19)11-7-9(3-5-12(11)16)17-8-10-4-6-13(15)20-10/h3-7,17H,8H2,1-2H3. The summed E-state index contributed by atoms with van der Waals surface area (Å²) in [6.07, 6.45) is 0. The molecule has 2 aromatic rings. The molecule has 0 radical (unpaired) electrons. The van der Waals surface area contributed by atoms with Gasteiger partial charge < -0.3 is 14.6 Å². The lowest BCUT2D eigenvalue weighted by Gasteiger charge is -2.13. The van der Waals surface area contributed by atoms with E-state index in [2.05, 4.69) is 21.2 Å². The number of nitrogens with one attached hydrogen (secondary N) is 1. The molecular formula is C14H14BrClN2O2. The molecule has 0 saturated carbocycles. The van der Waals surface area contributed by atoms with Crippen molar-refractivity contribution in [2.75, 3.05) is 19.4 Å². The Kier molecular flexibility index (Phi) is 4.73. The minimum Gasteiger partial charge on any atom is -0.452 e. The monoisotopic (exact) mass is 356 g/mol. The summed E-state index contributed by atoms with van der Waals surface area (Å²) in [5.74, 6) is 0.673. The van der Waals surface area contributed by atoms with Crippen molar-refractivity contribution in [1.29, 1.82) is 0 Å². The van der Waals surface area contributed by atoms with Crippen LogP contribution in [0.5, 0.6) is 0 Å². The van der Waals surface area contributed by atoms with Crippen LogP contribution in [-0.2, 0) is 6.54 Å². The first-order chi connectivity index (χ1) is 9.47. The molecule has 4 nitrogen and oxygen atoms in total. The molecular weight excluding hydrogens is 344 g/mol. The maximum atomic E-state index is 12.0. The lowest BCUT2D eigenvalue weighted by atomic mass is 10.1. The van der Waals surface area contributed by atoms with Gasteiger partial charge >= 0.3 is 0 Å². The topological polar surface area (TPSA) is 45.5 Å². The third kappa shape index (κ3) is 3.55. The number of hydrogen-bond acceptors (Lipinski definition) is 3. The van der Waals surface area contributed by atoms with Crippen LogP contribution in [0, 0.1) is 0 Å². The van der Waals surface area contributed by atoms with Gasteiger partial charge in [0.15, 0.2) is 4.67 Å². The number of halogens is 2. The van der Waals surface area contributed by atoms with E-state index in [0.29, 0.717) is 21.8 Å². The fourth-order valence-corrected chi connectivity index (χ4v) is 2.21. The quantitative estimate of drug-likeness (QED) is 0.899. The molecule has 1 aromatic carbocycles. The molecule has 1 heterocycles. The van der Waals surface area contributed by atoms with Gasteiger partial charge in [0.1, 0.15) is 5.76 Å². The summed E-state index contributed by atoms with van der Waals surface area (Å²) in [6, 6.07) is 8.98. The minimum atomic E-state index is -0.126. The Balaban J connectivity index is 2.13. The zero-order valence-electron chi connectivity index (χ0n) is 11.1. The van der Waals surface area contributed by atoms with E-state index in [1.54, 1.807) is 26.2 Å². The first-order valence-corrected chi connectivity index (χ1v) is 7.14. The summed E-state index contributed by atoms with van der Waals surface area (Å²) in [6.45, 7) is 0.531. The van der Waals surface area contributed by atoms with Crippen LogP contribution in [0.15, 0.2) is 39.4 Å². The molecule has 0 fully saturated rings. The average Bonchev–Trinajstić information content (AvgIpc) is 2.82. The van der Waals surface area contributed by atoms with Crippen molar-refractivity contribution in [1.82, 2.24) is 4.90 Å². The van der Waals surface area contributed by atoms with Crippen molar-refractivity contribution in [3.63, 3.8) is 0 Å². The number of nitrogens with zero attached hydrogens (tertiary/aromatic N) is 1. The number of benzene rings is 1. The van der Waals surface area contributed by atoms with Crippen molar-refractivity contribution in [3.05, 3.63) is 51.3 Å². The van der Waals surface area contributed by atoms with E-state index < -0.39 is 0 Å². The third-order valence-electron chi connectivity index (χ3n) is 2.70. The van der Waals surface area contributed by atoms with Crippen LogP contribution in [-0.4, -0.2) is 24.9 Å². The highest BCUT2D eigenvalue weighted by atomic mass is 79.9. The number of furan rings is 1. The number of rotatable bonds is 4. The van der Waals surface area contributed by atoms with Gasteiger partial charge in [-0.3, -0.25) is 4.79 Å². The summed E-state index contributed by atoms with van der Waals surface area (Å²) in [7, 11) is 3.39. The van der Waals surface area contributed by atoms with Gasteiger partial charge in [-0.15, -0.1) is 0 Å². The molecule has 0 aliphatic heterocycles. The van der Waals surface area contributed by atoms with Crippen LogP contribution in [0.3, 0.4) is 0 Å². The van der Waals surface area contributed by atoms with E-state index in [1.807, 2.05) is 18.2 Å². The number of carbonyl (C=O) groups is 1. The van der Waals surface area contributed by atoms with Gasteiger partial charge in [0, 0.05) is 19.8 Å². The van der Waals surface area contributed by atoms with Gasteiger partial charge in [0.2, 0.25) is 0 Å². The molecule has 0 bridgehead atoms. The molecule has 0 saturated heterocycles. The fraction of sp³-hybridized carbons (Fsp3) is 0.214. The van der Waals surface area contributed by atoms with Crippen molar-refractivity contribution in [2.24, 2.45) is 0 Å². The summed E-state index contributed by atoms with van der Waals surface area (Å²) in [5.41, 5.74) is 1.29. The van der Waals surface area contributed by atoms with Crippen molar-refractivity contribution < 1.29 is 9.21 Å². The van der Waals surface area contributed by atoms with E-state index in [4.69, 9.17) is 16.0 Å². The van der Waals surface area contributed by atoms with Crippen molar-refractivity contribution >= 4 is 39.1 Å². The smallest absolute Gasteiger partial charge is 0.254 e. The van der Waals surface area contributed by atoms with E-state index in [-0.39, 0.29) is 5.91 Å². The molecule has 0 atom stereocenters. The first kappa shape index (κ1) is 14.9. The largest absolute Gasteiger partial charge is 0.452 e. The van der Waals surface area contributed by atoms with E-state index in [9.17, 15) is 4.79 Å². The van der Waals surface area contributed by atoms with Gasteiger partial charge in [0.05, 0.1) is 17.1 Å². The normalized spacial score (nSPS) is 10.4. The first-order valence-electron chi connectivity index (χ1n) is 5.96. The van der Waals surface area contributed by atoms with Crippen LogP contribution in [0.25, 0.3) is 0 Å². The highest BCUT2D eigenvalue weighted by Gasteiger charge is 2.13. The fourth-order valence-electron chi connectivity index (χ4n) is 1.68. The predicted molar refractivity (Wildman–Crippen MR) is 83.2 cm³/mol. The van der Waals surface area contributed by atoms with Gasteiger partial charge in [0.25, 0.3) is 5.91 Å². The van der Waals surface area contributed by atoms with Crippen molar-refractivity contribution in [3.8, 4) is 0 Å². The lowest BCUT2D eigenvalue weighted by molar-refractivity contribution is 0.0828. The minimum absolute atomic E-state index is 0.126. The van der Waals surface area contributed by atoms with Gasteiger partial charge in [-0.05, 0) is 46.3 Å². The zero-order valence-corrected chi connectivity index (χ0v) is 13.5. The summed E-state index contributed by atoms with van der Waals surface area (Å²) in [5, 5.41) is 3.63. The average molecular weight is 358 g/mol. The third-order valence-corrected chi connectivity index (χ3v) is 3.45.